The number of aryl methyl sites for hydroxylation is 1. The molecule has 1 N–H and O–H groups in total. The maximum Gasteiger partial charge on any atom is 0.275 e. The van der Waals surface area contributed by atoms with Gasteiger partial charge in [-0.2, -0.15) is 5.10 Å². The van der Waals surface area contributed by atoms with Gasteiger partial charge in [0, 0.05) is 18.4 Å². The number of benzene rings is 2. The van der Waals surface area contributed by atoms with Crippen LogP contribution >= 0.6 is 0 Å². The van der Waals surface area contributed by atoms with Crippen molar-refractivity contribution in [2.24, 2.45) is 0 Å². The number of carbonyl (C=O) groups excluding carboxylic acids is 1. The predicted molar refractivity (Wildman–Crippen MR) is 103 cm³/mol. The maximum absolute atomic E-state index is 12.6. The van der Waals surface area contributed by atoms with Crippen LogP contribution in [0.4, 0.5) is 0 Å². The molecule has 2 heterocycles. The highest BCUT2D eigenvalue weighted by Gasteiger charge is 2.19. The summed E-state index contributed by atoms with van der Waals surface area (Å²) in [6.45, 7) is 4.18. The number of hydrogen-bond acceptors (Lipinski definition) is 4. The lowest BCUT2D eigenvalue weighted by molar-refractivity contribution is -0.122. The summed E-state index contributed by atoms with van der Waals surface area (Å²) in [6.07, 6.45) is 1.08. The Morgan fingerprint density at radius 2 is 2.04 bits per heavy atom. The Bertz CT molecular complexity index is 1090. The Morgan fingerprint density at radius 1 is 1.26 bits per heavy atom. The molecule has 0 bridgehead atoms. The van der Waals surface area contributed by atoms with Crippen molar-refractivity contribution in [3.63, 3.8) is 0 Å². The molecular weight excluding hydrogens is 342 g/mol. The molecule has 1 aliphatic rings. The minimum atomic E-state index is -0.255. The highest BCUT2D eigenvalue weighted by molar-refractivity contribution is 5.83. The smallest absolute Gasteiger partial charge is 0.275 e. The minimum absolute atomic E-state index is 0.102. The molecule has 0 aliphatic carbocycles. The zero-order valence-electron chi connectivity index (χ0n) is 15.4. The van der Waals surface area contributed by atoms with Gasteiger partial charge in [-0.1, -0.05) is 30.3 Å². The van der Waals surface area contributed by atoms with E-state index < -0.39 is 0 Å². The van der Waals surface area contributed by atoms with E-state index in [0.717, 1.165) is 34.4 Å². The van der Waals surface area contributed by atoms with E-state index in [4.69, 9.17) is 4.74 Å². The van der Waals surface area contributed by atoms with Crippen molar-refractivity contribution in [3.05, 3.63) is 69.6 Å². The van der Waals surface area contributed by atoms with Crippen LogP contribution in [0.2, 0.25) is 0 Å². The third-order valence-electron chi connectivity index (χ3n) is 4.80. The molecule has 1 amide bonds. The van der Waals surface area contributed by atoms with Crippen LogP contribution in [0.3, 0.4) is 0 Å². The molecular formula is C21H21N3O3. The van der Waals surface area contributed by atoms with Crippen LogP contribution in [-0.2, 0) is 24.3 Å². The first kappa shape index (κ1) is 17.3. The lowest BCUT2D eigenvalue weighted by Crippen LogP contribution is -2.33. The van der Waals surface area contributed by atoms with E-state index in [1.807, 2.05) is 44.2 Å². The number of nitrogens with zero attached hydrogens (tertiary/aromatic N) is 2. The van der Waals surface area contributed by atoms with Crippen molar-refractivity contribution in [2.75, 3.05) is 0 Å². The molecule has 0 saturated carbocycles. The molecule has 138 valence electrons. The standard InChI is InChI=1S/C21H21N3O3/c1-13-9-16-10-15(7-8-19(16)27-13)11-22-20(25)12-24-21(26)18-6-4-3-5-17(18)14(2)23-24/h3-8,10,13H,9,11-12H2,1-2H3,(H,22,25)/t13-/m1/s1. The number of ether oxygens (including phenoxy) is 1. The molecule has 6 heteroatoms. The number of fused-ring (bicyclic) bond motifs is 2. The van der Waals surface area contributed by atoms with Crippen LogP contribution in [0.1, 0.15) is 23.7 Å². The topological polar surface area (TPSA) is 73.2 Å². The summed E-state index contributed by atoms with van der Waals surface area (Å²) in [7, 11) is 0. The summed E-state index contributed by atoms with van der Waals surface area (Å²) in [5, 5.41) is 8.53. The quantitative estimate of drug-likeness (QED) is 0.772. The van der Waals surface area contributed by atoms with E-state index in [1.54, 1.807) is 6.07 Å². The van der Waals surface area contributed by atoms with Gasteiger partial charge in [-0.05, 0) is 37.1 Å². The van der Waals surface area contributed by atoms with E-state index in [1.165, 1.54) is 4.68 Å². The molecule has 0 saturated heterocycles. The van der Waals surface area contributed by atoms with Crippen LogP contribution in [0.5, 0.6) is 5.75 Å². The molecule has 0 spiro atoms. The van der Waals surface area contributed by atoms with Crippen molar-refractivity contribution in [1.29, 1.82) is 0 Å². The predicted octanol–water partition coefficient (Wildman–Crippen LogP) is 2.34. The molecule has 4 rings (SSSR count). The van der Waals surface area contributed by atoms with Crippen molar-refractivity contribution in [3.8, 4) is 5.75 Å². The number of nitrogens with one attached hydrogen (secondary N) is 1. The SMILES string of the molecule is Cc1nn(CC(=O)NCc2ccc3c(c2)C[C@@H](C)O3)c(=O)c2ccccc12. The number of amides is 1. The van der Waals surface area contributed by atoms with Crippen molar-refractivity contribution in [2.45, 2.75) is 39.5 Å². The summed E-state index contributed by atoms with van der Waals surface area (Å²) >= 11 is 0. The van der Waals surface area contributed by atoms with Crippen molar-refractivity contribution in [1.82, 2.24) is 15.1 Å². The Labute approximate surface area is 156 Å². The third-order valence-corrected chi connectivity index (χ3v) is 4.80. The zero-order chi connectivity index (χ0) is 19.0. The molecule has 1 aliphatic heterocycles. The molecule has 1 aromatic heterocycles. The first-order valence-electron chi connectivity index (χ1n) is 9.03. The second kappa shape index (κ2) is 6.87. The minimum Gasteiger partial charge on any atom is -0.490 e. The van der Waals surface area contributed by atoms with Gasteiger partial charge >= 0.3 is 0 Å². The molecule has 6 nitrogen and oxygen atoms in total. The second-order valence-corrected chi connectivity index (χ2v) is 6.95. The Morgan fingerprint density at radius 3 is 2.85 bits per heavy atom. The second-order valence-electron chi connectivity index (χ2n) is 6.95. The van der Waals surface area contributed by atoms with E-state index in [-0.39, 0.29) is 24.1 Å². The fraction of sp³-hybridized carbons (Fsp3) is 0.286. The number of carbonyl (C=O) groups is 1. The van der Waals surface area contributed by atoms with Gasteiger partial charge in [0.15, 0.2) is 0 Å². The Hall–Kier alpha value is -3.15. The van der Waals surface area contributed by atoms with E-state index >= 15 is 0 Å². The van der Waals surface area contributed by atoms with E-state index in [9.17, 15) is 9.59 Å². The van der Waals surface area contributed by atoms with Crippen LogP contribution in [0.25, 0.3) is 10.8 Å². The lowest BCUT2D eigenvalue weighted by atomic mass is 10.1. The number of hydrogen-bond donors (Lipinski definition) is 1. The first-order valence-corrected chi connectivity index (χ1v) is 9.03. The molecule has 27 heavy (non-hydrogen) atoms. The average Bonchev–Trinajstić information content (AvgIpc) is 3.03. The van der Waals surface area contributed by atoms with Gasteiger partial charge in [0.05, 0.1) is 11.1 Å². The summed E-state index contributed by atoms with van der Waals surface area (Å²) in [6, 6.07) is 13.3. The summed E-state index contributed by atoms with van der Waals surface area (Å²) in [5.41, 5.74) is 2.65. The van der Waals surface area contributed by atoms with Gasteiger partial charge in [-0.15, -0.1) is 0 Å². The summed E-state index contributed by atoms with van der Waals surface area (Å²) in [4.78, 5) is 24.9. The van der Waals surface area contributed by atoms with Crippen molar-refractivity contribution < 1.29 is 9.53 Å². The van der Waals surface area contributed by atoms with Crippen LogP contribution < -0.4 is 15.6 Å². The molecule has 1 atom stereocenters. The highest BCUT2D eigenvalue weighted by Crippen LogP contribution is 2.29. The fourth-order valence-corrected chi connectivity index (χ4v) is 3.49. The molecule has 3 aromatic rings. The fourth-order valence-electron chi connectivity index (χ4n) is 3.49. The van der Waals surface area contributed by atoms with Gasteiger partial charge in [0.1, 0.15) is 18.4 Å². The van der Waals surface area contributed by atoms with E-state index in [0.29, 0.717) is 11.9 Å². The monoisotopic (exact) mass is 363 g/mol. The number of rotatable bonds is 4. The molecule has 2 aromatic carbocycles. The number of aromatic nitrogens is 2. The Balaban J connectivity index is 1.46. The van der Waals surface area contributed by atoms with Crippen LogP contribution in [-0.4, -0.2) is 21.8 Å². The molecule has 0 unspecified atom stereocenters. The van der Waals surface area contributed by atoms with Crippen LogP contribution in [0, 0.1) is 6.92 Å². The Kier molecular flexibility index (Phi) is 4.39. The van der Waals surface area contributed by atoms with Gasteiger partial charge < -0.3 is 10.1 Å². The summed E-state index contributed by atoms with van der Waals surface area (Å²) in [5.74, 6) is 0.671. The van der Waals surface area contributed by atoms with Gasteiger partial charge in [-0.3, -0.25) is 9.59 Å². The largest absolute Gasteiger partial charge is 0.490 e. The average molecular weight is 363 g/mol. The highest BCUT2D eigenvalue weighted by atomic mass is 16.5. The molecule has 0 fully saturated rings. The molecule has 0 radical (unpaired) electrons. The summed E-state index contributed by atoms with van der Waals surface area (Å²) < 4.78 is 6.92. The van der Waals surface area contributed by atoms with Gasteiger partial charge in [0.2, 0.25) is 5.91 Å². The first-order chi connectivity index (χ1) is 13.0. The van der Waals surface area contributed by atoms with Crippen LogP contribution in [0.15, 0.2) is 47.3 Å². The maximum atomic E-state index is 12.6. The van der Waals surface area contributed by atoms with E-state index in [2.05, 4.69) is 16.5 Å². The normalized spacial score (nSPS) is 15.4. The van der Waals surface area contributed by atoms with Crippen molar-refractivity contribution >= 4 is 16.7 Å². The lowest BCUT2D eigenvalue weighted by Gasteiger charge is -2.10. The van der Waals surface area contributed by atoms with Gasteiger partial charge in [-0.25, -0.2) is 4.68 Å². The third kappa shape index (κ3) is 3.43. The van der Waals surface area contributed by atoms with Gasteiger partial charge in [0.25, 0.3) is 5.56 Å². The zero-order valence-corrected chi connectivity index (χ0v) is 15.4.